The normalized spacial score (nSPS) is 14.1. The molecule has 1 atom stereocenters. The molecule has 7 heteroatoms. The van der Waals surface area contributed by atoms with Gasteiger partial charge < -0.3 is 10.3 Å². The van der Waals surface area contributed by atoms with Crippen molar-refractivity contribution in [3.8, 4) is 0 Å². The third kappa shape index (κ3) is 3.96. The van der Waals surface area contributed by atoms with Crippen molar-refractivity contribution in [3.05, 3.63) is 11.7 Å². The van der Waals surface area contributed by atoms with Crippen molar-refractivity contribution in [1.29, 1.82) is 0 Å². The second kappa shape index (κ2) is 4.71. The topological polar surface area (TPSA) is 99.1 Å². The van der Waals surface area contributed by atoms with Gasteiger partial charge in [-0.15, -0.1) is 0 Å². The lowest BCUT2D eigenvalue weighted by molar-refractivity contribution is 0.345. The monoisotopic (exact) mass is 233 g/mol. The first-order valence-corrected chi connectivity index (χ1v) is 6.74. The molecule has 1 heterocycles. The maximum absolute atomic E-state index is 11.0. The van der Waals surface area contributed by atoms with Gasteiger partial charge in [0, 0.05) is 6.26 Å². The highest BCUT2D eigenvalue weighted by Gasteiger charge is 2.16. The summed E-state index contributed by atoms with van der Waals surface area (Å²) < 4.78 is 26.8. The molecule has 0 saturated heterocycles. The Balaban J connectivity index is 2.72. The average molecular weight is 233 g/mol. The lowest BCUT2D eigenvalue weighted by Crippen LogP contribution is -2.10. The van der Waals surface area contributed by atoms with Crippen molar-refractivity contribution in [1.82, 2.24) is 10.1 Å². The van der Waals surface area contributed by atoms with Gasteiger partial charge in [0.15, 0.2) is 15.7 Å². The first kappa shape index (κ1) is 12.1. The highest BCUT2D eigenvalue weighted by molar-refractivity contribution is 7.89. The molecular formula is C8H15N3O3S. The molecule has 0 saturated carbocycles. The molecule has 0 radical (unpaired) electrons. The van der Waals surface area contributed by atoms with E-state index in [1.807, 2.05) is 6.92 Å². The number of sulfone groups is 1. The van der Waals surface area contributed by atoms with Gasteiger partial charge in [0.25, 0.3) is 0 Å². The van der Waals surface area contributed by atoms with Crippen molar-refractivity contribution < 1.29 is 12.9 Å². The molecule has 0 amide bonds. The van der Waals surface area contributed by atoms with Crippen LogP contribution in [0.3, 0.4) is 0 Å². The Morgan fingerprint density at radius 3 is 2.73 bits per heavy atom. The van der Waals surface area contributed by atoms with Gasteiger partial charge in [-0.1, -0.05) is 18.5 Å². The summed E-state index contributed by atoms with van der Waals surface area (Å²) in [7, 11) is -3.13. The second-order valence-electron chi connectivity index (χ2n) is 3.51. The molecule has 86 valence electrons. The number of rotatable bonds is 5. The van der Waals surface area contributed by atoms with E-state index in [0.29, 0.717) is 5.89 Å². The number of hydrogen-bond acceptors (Lipinski definition) is 6. The van der Waals surface area contributed by atoms with Gasteiger partial charge in [0.1, 0.15) is 5.75 Å². The van der Waals surface area contributed by atoms with Crippen LogP contribution < -0.4 is 5.73 Å². The Morgan fingerprint density at radius 2 is 2.20 bits per heavy atom. The standard InChI is InChI=1S/C8H15N3O3S/c1-3-4-6(9)8-10-7(11-14-8)5-15(2,12)13/h6H,3-5,9H2,1-2H3. The van der Waals surface area contributed by atoms with Gasteiger partial charge in [-0.3, -0.25) is 0 Å². The van der Waals surface area contributed by atoms with E-state index in [4.69, 9.17) is 10.3 Å². The Bertz CT molecular complexity index is 413. The first-order chi connectivity index (χ1) is 6.92. The van der Waals surface area contributed by atoms with Crippen LogP contribution in [0.4, 0.5) is 0 Å². The molecule has 0 aliphatic carbocycles. The van der Waals surface area contributed by atoms with Crippen molar-refractivity contribution in [3.63, 3.8) is 0 Å². The van der Waals surface area contributed by atoms with Gasteiger partial charge in [0.2, 0.25) is 5.89 Å². The van der Waals surface area contributed by atoms with Gasteiger partial charge in [0.05, 0.1) is 6.04 Å². The van der Waals surface area contributed by atoms with Crippen molar-refractivity contribution in [2.24, 2.45) is 5.73 Å². The number of nitrogens with zero attached hydrogens (tertiary/aromatic N) is 2. The highest BCUT2D eigenvalue weighted by atomic mass is 32.2. The number of hydrogen-bond donors (Lipinski definition) is 1. The molecule has 0 spiro atoms. The van der Waals surface area contributed by atoms with Gasteiger partial charge in [-0.2, -0.15) is 4.98 Å². The van der Waals surface area contributed by atoms with Crippen LogP contribution in [0.25, 0.3) is 0 Å². The predicted octanol–water partition coefficient (Wildman–Crippen LogP) is 0.414. The molecular weight excluding hydrogens is 218 g/mol. The van der Waals surface area contributed by atoms with Crippen LogP contribution in [0.1, 0.15) is 37.5 Å². The molecule has 0 aliphatic heterocycles. The lowest BCUT2D eigenvalue weighted by atomic mass is 10.2. The minimum absolute atomic E-state index is 0.166. The average Bonchev–Trinajstić information content (AvgIpc) is 2.50. The molecule has 1 aromatic rings. The molecule has 0 aromatic carbocycles. The van der Waals surface area contributed by atoms with Crippen molar-refractivity contribution in [2.75, 3.05) is 6.26 Å². The molecule has 1 unspecified atom stereocenters. The van der Waals surface area contributed by atoms with Crippen LogP contribution in [-0.2, 0) is 15.6 Å². The van der Waals surface area contributed by atoms with E-state index in [0.717, 1.165) is 19.1 Å². The van der Waals surface area contributed by atoms with Crippen molar-refractivity contribution >= 4 is 9.84 Å². The Hall–Kier alpha value is -0.950. The van der Waals surface area contributed by atoms with E-state index in [2.05, 4.69) is 10.1 Å². The molecule has 1 aromatic heterocycles. The molecule has 0 fully saturated rings. The zero-order valence-electron chi connectivity index (χ0n) is 8.80. The van der Waals surface area contributed by atoms with Crippen LogP contribution in [-0.4, -0.2) is 24.8 Å². The zero-order chi connectivity index (χ0) is 11.5. The number of aromatic nitrogens is 2. The maximum atomic E-state index is 11.0. The Morgan fingerprint density at radius 1 is 1.53 bits per heavy atom. The van der Waals surface area contributed by atoms with E-state index >= 15 is 0 Å². The summed E-state index contributed by atoms with van der Waals surface area (Å²) in [6.45, 7) is 1.99. The highest BCUT2D eigenvalue weighted by Crippen LogP contribution is 2.13. The third-order valence-electron chi connectivity index (χ3n) is 1.79. The first-order valence-electron chi connectivity index (χ1n) is 4.68. The minimum atomic E-state index is -3.13. The third-order valence-corrected chi connectivity index (χ3v) is 2.57. The van der Waals surface area contributed by atoms with E-state index in [9.17, 15) is 8.42 Å². The van der Waals surface area contributed by atoms with E-state index in [-0.39, 0.29) is 17.6 Å². The Kier molecular flexibility index (Phi) is 3.81. The fourth-order valence-corrected chi connectivity index (χ4v) is 1.73. The van der Waals surface area contributed by atoms with Crippen LogP contribution in [0.15, 0.2) is 4.52 Å². The van der Waals surface area contributed by atoms with Gasteiger partial charge >= 0.3 is 0 Å². The van der Waals surface area contributed by atoms with Crippen LogP contribution in [0.2, 0.25) is 0 Å². The van der Waals surface area contributed by atoms with Crippen LogP contribution in [0.5, 0.6) is 0 Å². The van der Waals surface area contributed by atoms with Gasteiger partial charge in [-0.25, -0.2) is 8.42 Å². The number of nitrogens with two attached hydrogens (primary N) is 1. The Labute approximate surface area is 88.8 Å². The molecule has 0 bridgehead atoms. The van der Waals surface area contributed by atoms with E-state index < -0.39 is 9.84 Å². The smallest absolute Gasteiger partial charge is 0.243 e. The summed E-state index contributed by atoms with van der Waals surface area (Å²) in [5.41, 5.74) is 5.74. The van der Waals surface area contributed by atoms with E-state index in [1.54, 1.807) is 0 Å². The minimum Gasteiger partial charge on any atom is -0.338 e. The van der Waals surface area contributed by atoms with Crippen LogP contribution in [0, 0.1) is 0 Å². The summed E-state index contributed by atoms with van der Waals surface area (Å²) in [5.74, 6) is 0.254. The van der Waals surface area contributed by atoms with Gasteiger partial charge in [-0.05, 0) is 6.42 Å². The zero-order valence-corrected chi connectivity index (χ0v) is 9.62. The lowest BCUT2D eigenvalue weighted by Gasteiger charge is -2.01. The second-order valence-corrected chi connectivity index (χ2v) is 5.65. The SMILES string of the molecule is CCCC(N)c1nc(CS(C)(=O)=O)no1. The summed E-state index contributed by atoms with van der Waals surface area (Å²) in [4.78, 5) is 3.93. The molecule has 0 aliphatic rings. The molecule has 1 rings (SSSR count). The fraction of sp³-hybridized carbons (Fsp3) is 0.750. The van der Waals surface area contributed by atoms with Crippen LogP contribution >= 0.6 is 0 Å². The molecule has 15 heavy (non-hydrogen) atoms. The molecule has 2 N–H and O–H groups in total. The summed E-state index contributed by atoms with van der Waals surface area (Å²) in [5, 5.41) is 3.56. The summed E-state index contributed by atoms with van der Waals surface area (Å²) in [6, 6.07) is -0.309. The summed E-state index contributed by atoms with van der Waals surface area (Å²) >= 11 is 0. The fourth-order valence-electron chi connectivity index (χ4n) is 1.15. The maximum Gasteiger partial charge on any atom is 0.243 e. The van der Waals surface area contributed by atoms with E-state index in [1.165, 1.54) is 0 Å². The van der Waals surface area contributed by atoms with Crippen molar-refractivity contribution in [2.45, 2.75) is 31.6 Å². The largest absolute Gasteiger partial charge is 0.338 e. The molecule has 6 nitrogen and oxygen atoms in total. The predicted molar refractivity (Wildman–Crippen MR) is 54.7 cm³/mol. The summed E-state index contributed by atoms with van der Waals surface area (Å²) in [6.07, 6.45) is 2.76. The quantitative estimate of drug-likeness (QED) is 0.791.